The van der Waals surface area contributed by atoms with E-state index in [0.29, 0.717) is 17.0 Å². The quantitative estimate of drug-likeness (QED) is 0.914. The molecule has 2 aromatic heterocycles. The molecule has 2 aliphatic rings. The summed E-state index contributed by atoms with van der Waals surface area (Å²) in [4.78, 5) is 28.9. The smallest absolute Gasteiger partial charge is 0.267 e. The fourth-order valence-electron chi connectivity index (χ4n) is 2.55. The monoisotopic (exact) mass is 330 g/mol. The molecule has 120 valence electrons. The van der Waals surface area contributed by atoms with Gasteiger partial charge >= 0.3 is 0 Å². The molecule has 1 N–H and O–H groups in total. The number of anilines is 1. The summed E-state index contributed by atoms with van der Waals surface area (Å²) in [7, 11) is 0. The number of nitrogens with zero attached hydrogens (tertiary/aromatic N) is 3. The number of thiazole rings is 1. The first-order valence-electron chi connectivity index (χ1n) is 7.98. The zero-order valence-electron chi connectivity index (χ0n) is 12.9. The van der Waals surface area contributed by atoms with E-state index >= 15 is 0 Å². The van der Waals surface area contributed by atoms with E-state index in [-0.39, 0.29) is 11.5 Å². The first-order valence-corrected chi connectivity index (χ1v) is 8.86. The van der Waals surface area contributed by atoms with E-state index in [0.717, 1.165) is 24.2 Å². The number of hydrogen-bond donors (Lipinski definition) is 1. The Bertz CT molecular complexity index is 804. The van der Waals surface area contributed by atoms with Gasteiger partial charge < -0.3 is 5.32 Å². The molecule has 0 bridgehead atoms. The van der Waals surface area contributed by atoms with Gasteiger partial charge in [-0.05, 0) is 38.7 Å². The summed E-state index contributed by atoms with van der Waals surface area (Å²) in [6.45, 7) is 1.69. The average molecular weight is 330 g/mol. The number of carbonyl (C=O) groups is 1. The molecule has 0 aliphatic heterocycles. The number of hydrogen-bond acceptors (Lipinski definition) is 5. The highest BCUT2D eigenvalue weighted by Crippen LogP contribution is 2.41. The first-order chi connectivity index (χ1) is 11.1. The lowest BCUT2D eigenvalue weighted by molar-refractivity contribution is -0.119. The van der Waals surface area contributed by atoms with Crippen LogP contribution in [0, 0.1) is 0 Å². The van der Waals surface area contributed by atoms with Gasteiger partial charge in [0.2, 0.25) is 0 Å². The van der Waals surface area contributed by atoms with Crippen molar-refractivity contribution in [3.05, 3.63) is 39.3 Å². The van der Waals surface area contributed by atoms with Gasteiger partial charge in [0.05, 0.1) is 11.4 Å². The minimum atomic E-state index is -0.658. The summed E-state index contributed by atoms with van der Waals surface area (Å²) in [5.74, 6) is 0.746. The Morgan fingerprint density at radius 2 is 1.96 bits per heavy atom. The van der Waals surface area contributed by atoms with Crippen LogP contribution in [0.5, 0.6) is 0 Å². The molecule has 4 rings (SSSR count). The second-order valence-electron chi connectivity index (χ2n) is 6.33. The van der Waals surface area contributed by atoms with E-state index < -0.39 is 6.04 Å². The largest absolute Gasteiger partial charge is 0.300 e. The lowest BCUT2D eigenvalue weighted by Crippen LogP contribution is -2.33. The van der Waals surface area contributed by atoms with Gasteiger partial charge in [0.1, 0.15) is 6.04 Å². The zero-order valence-corrected chi connectivity index (χ0v) is 13.7. The molecule has 0 saturated heterocycles. The van der Waals surface area contributed by atoms with E-state index in [2.05, 4.69) is 15.4 Å². The molecule has 1 atom stereocenters. The predicted octanol–water partition coefficient (Wildman–Crippen LogP) is 2.65. The maximum Gasteiger partial charge on any atom is 0.267 e. The zero-order chi connectivity index (χ0) is 16.0. The molecule has 1 amide bonds. The Kier molecular flexibility index (Phi) is 3.52. The van der Waals surface area contributed by atoms with Gasteiger partial charge in [-0.15, -0.1) is 11.3 Å². The number of nitrogens with one attached hydrogen (secondary N) is 1. The number of aromatic nitrogens is 3. The van der Waals surface area contributed by atoms with Crippen LogP contribution in [0.25, 0.3) is 0 Å². The SMILES string of the molecule is CC(C(=O)Nc1nc(C2CC2)cs1)n1nc(C2CC2)ccc1=O. The first kappa shape index (κ1) is 14.6. The van der Waals surface area contributed by atoms with E-state index in [4.69, 9.17) is 0 Å². The van der Waals surface area contributed by atoms with Crippen molar-refractivity contribution in [3.8, 4) is 0 Å². The van der Waals surface area contributed by atoms with Crippen molar-refractivity contribution in [1.82, 2.24) is 14.8 Å². The third-order valence-corrected chi connectivity index (χ3v) is 5.11. The minimum Gasteiger partial charge on any atom is -0.300 e. The Morgan fingerprint density at radius 1 is 1.26 bits per heavy atom. The highest BCUT2D eigenvalue weighted by molar-refractivity contribution is 7.13. The van der Waals surface area contributed by atoms with E-state index in [1.165, 1.54) is 34.9 Å². The predicted molar refractivity (Wildman–Crippen MR) is 87.9 cm³/mol. The van der Waals surface area contributed by atoms with Crippen LogP contribution in [0.4, 0.5) is 5.13 Å². The van der Waals surface area contributed by atoms with Crippen LogP contribution in [-0.4, -0.2) is 20.7 Å². The van der Waals surface area contributed by atoms with Crippen LogP contribution < -0.4 is 10.9 Å². The molecule has 2 fully saturated rings. The summed E-state index contributed by atoms with van der Waals surface area (Å²) < 4.78 is 1.28. The van der Waals surface area contributed by atoms with Crippen molar-refractivity contribution in [2.24, 2.45) is 0 Å². The molecule has 1 unspecified atom stereocenters. The molecule has 2 heterocycles. The molecule has 6 nitrogen and oxygen atoms in total. The van der Waals surface area contributed by atoms with Crippen molar-refractivity contribution in [2.75, 3.05) is 5.32 Å². The Hall–Kier alpha value is -2.02. The van der Waals surface area contributed by atoms with Crippen LogP contribution in [-0.2, 0) is 4.79 Å². The molecule has 7 heteroatoms. The second-order valence-corrected chi connectivity index (χ2v) is 7.19. The third-order valence-electron chi connectivity index (χ3n) is 4.34. The van der Waals surface area contributed by atoms with Gasteiger partial charge in [-0.3, -0.25) is 9.59 Å². The van der Waals surface area contributed by atoms with Crippen LogP contribution in [0.2, 0.25) is 0 Å². The minimum absolute atomic E-state index is 0.255. The molecule has 2 aliphatic carbocycles. The van der Waals surface area contributed by atoms with Crippen molar-refractivity contribution in [1.29, 1.82) is 0 Å². The second kappa shape index (κ2) is 5.56. The Morgan fingerprint density at radius 3 is 2.65 bits per heavy atom. The average Bonchev–Trinajstić information content (AvgIpc) is 3.46. The van der Waals surface area contributed by atoms with Crippen molar-refractivity contribution < 1.29 is 4.79 Å². The summed E-state index contributed by atoms with van der Waals surface area (Å²) in [5, 5.41) is 9.76. The fourth-order valence-corrected chi connectivity index (χ4v) is 3.34. The maximum absolute atomic E-state index is 12.4. The lowest BCUT2D eigenvalue weighted by atomic mass is 10.2. The van der Waals surface area contributed by atoms with Crippen molar-refractivity contribution in [3.63, 3.8) is 0 Å². The molecule has 0 radical (unpaired) electrons. The summed E-state index contributed by atoms with van der Waals surface area (Å²) in [5.41, 5.74) is 1.70. The third kappa shape index (κ3) is 3.06. The van der Waals surface area contributed by atoms with Gasteiger partial charge in [-0.25, -0.2) is 9.67 Å². The number of amides is 1. The summed E-state index contributed by atoms with van der Waals surface area (Å²) in [6.07, 6.45) is 4.57. The molecule has 2 aromatic rings. The van der Waals surface area contributed by atoms with Crippen LogP contribution >= 0.6 is 11.3 Å². The molecule has 0 aromatic carbocycles. The van der Waals surface area contributed by atoms with Crippen molar-refractivity contribution in [2.45, 2.75) is 50.5 Å². The van der Waals surface area contributed by atoms with E-state index in [1.54, 1.807) is 13.0 Å². The molecule has 23 heavy (non-hydrogen) atoms. The van der Waals surface area contributed by atoms with E-state index in [9.17, 15) is 9.59 Å². The van der Waals surface area contributed by atoms with Crippen molar-refractivity contribution >= 4 is 22.4 Å². The van der Waals surface area contributed by atoms with Gasteiger partial charge in [0, 0.05) is 23.3 Å². The molecule has 0 spiro atoms. The van der Waals surface area contributed by atoms with Gasteiger partial charge in [-0.1, -0.05) is 0 Å². The van der Waals surface area contributed by atoms with Gasteiger partial charge in [0.15, 0.2) is 5.13 Å². The van der Waals surface area contributed by atoms with Crippen LogP contribution in [0.3, 0.4) is 0 Å². The number of carbonyl (C=O) groups excluding carboxylic acids is 1. The topological polar surface area (TPSA) is 76.9 Å². The summed E-state index contributed by atoms with van der Waals surface area (Å²) >= 11 is 1.43. The molecule has 2 saturated carbocycles. The summed E-state index contributed by atoms with van der Waals surface area (Å²) in [6, 6.07) is 2.61. The normalized spacial score (nSPS) is 18.7. The standard InChI is InChI=1S/C16H18N4O2S/c1-9(20-14(21)7-6-12(19-20)10-2-3-10)15(22)18-16-17-13(8-23-16)11-4-5-11/h6-11H,2-5H2,1H3,(H,17,18,22). The Balaban J connectivity index is 1.50. The molecular weight excluding hydrogens is 312 g/mol. The highest BCUT2D eigenvalue weighted by atomic mass is 32.1. The maximum atomic E-state index is 12.4. The van der Waals surface area contributed by atoms with E-state index in [1.807, 2.05) is 5.38 Å². The lowest BCUT2D eigenvalue weighted by Gasteiger charge is -2.13. The van der Waals surface area contributed by atoms with Gasteiger partial charge in [-0.2, -0.15) is 5.10 Å². The van der Waals surface area contributed by atoms with Crippen LogP contribution in [0.15, 0.2) is 22.3 Å². The Labute approximate surface area is 137 Å². The molecular formula is C16H18N4O2S. The number of rotatable bonds is 5. The van der Waals surface area contributed by atoms with Gasteiger partial charge in [0.25, 0.3) is 11.5 Å². The fraction of sp³-hybridized carbons (Fsp3) is 0.500. The highest BCUT2D eigenvalue weighted by Gasteiger charge is 2.28. The van der Waals surface area contributed by atoms with Crippen LogP contribution in [0.1, 0.15) is 61.9 Å².